The molecule has 0 spiro atoms. The van der Waals surface area contributed by atoms with Gasteiger partial charge in [0.25, 0.3) is 5.91 Å². The van der Waals surface area contributed by atoms with Crippen LogP contribution in [0.4, 0.5) is 5.82 Å². The summed E-state index contributed by atoms with van der Waals surface area (Å²) in [5.74, 6) is 0.295. The number of nitrogens with zero attached hydrogens (tertiary/aromatic N) is 3. The van der Waals surface area contributed by atoms with E-state index < -0.39 is 0 Å². The molecule has 134 valence electrons. The average Bonchev–Trinajstić information content (AvgIpc) is 2.72. The summed E-state index contributed by atoms with van der Waals surface area (Å²) in [4.78, 5) is 20.5. The first kappa shape index (κ1) is 18.1. The predicted molar refractivity (Wildman–Crippen MR) is 103 cm³/mol. The summed E-state index contributed by atoms with van der Waals surface area (Å²) >= 11 is 0. The molecule has 0 atom stereocenters. The molecule has 1 amide bonds. The van der Waals surface area contributed by atoms with Crippen LogP contribution < -0.4 is 10.6 Å². The third kappa shape index (κ3) is 4.89. The zero-order valence-corrected chi connectivity index (χ0v) is 14.9. The van der Waals surface area contributed by atoms with E-state index in [-0.39, 0.29) is 11.6 Å². The first-order chi connectivity index (χ1) is 13.2. The molecule has 0 radical (unpaired) electrons. The number of amides is 1. The molecule has 0 fully saturated rings. The summed E-state index contributed by atoms with van der Waals surface area (Å²) < 4.78 is 0. The molecule has 27 heavy (non-hydrogen) atoms. The monoisotopic (exact) mass is 357 g/mol. The first-order valence-corrected chi connectivity index (χ1v) is 8.53. The van der Waals surface area contributed by atoms with Gasteiger partial charge in [0.05, 0.1) is 0 Å². The standard InChI is InChI=1S/C21H19N5O/c1-15-5-7-16(8-6-15)13-26-21(27)18-4-2-3-17(11-18)14-25-20-19(12-22)23-9-10-24-20/h2-11H,13-14H2,1H3,(H,24,25)(H,26,27). The highest BCUT2D eigenvalue weighted by Crippen LogP contribution is 2.11. The smallest absolute Gasteiger partial charge is 0.251 e. The molecule has 2 N–H and O–H groups in total. The Kier molecular flexibility index (Phi) is 5.75. The number of nitrogens with one attached hydrogen (secondary N) is 2. The molecule has 0 aliphatic heterocycles. The van der Waals surface area contributed by atoms with E-state index in [0.717, 1.165) is 11.1 Å². The quantitative estimate of drug-likeness (QED) is 0.707. The number of aryl methyl sites for hydroxylation is 1. The zero-order chi connectivity index (χ0) is 19.1. The molecule has 3 aromatic rings. The second-order valence-corrected chi connectivity index (χ2v) is 6.09. The molecule has 0 unspecified atom stereocenters. The number of carbonyl (C=O) groups is 1. The lowest BCUT2D eigenvalue weighted by Gasteiger charge is -2.09. The zero-order valence-electron chi connectivity index (χ0n) is 14.9. The SMILES string of the molecule is Cc1ccc(CNC(=O)c2cccc(CNc3nccnc3C#N)c2)cc1. The number of nitriles is 1. The summed E-state index contributed by atoms with van der Waals surface area (Å²) in [5.41, 5.74) is 3.98. The minimum absolute atomic E-state index is 0.130. The van der Waals surface area contributed by atoms with Gasteiger partial charge in [-0.05, 0) is 30.2 Å². The van der Waals surface area contributed by atoms with Gasteiger partial charge in [0.1, 0.15) is 6.07 Å². The van der Waals surface area contributed by atoms with Crippen molar-refractivity contribution in [3.05, 3.63) is 88.9 Å². The van der Waals surface area contributed by atoms with Crippen LogP contribution in [0.3, 0.4) is 0 Å². The summed E-state index contributed by atoms with van der Waals surface area (Å²) in [7, 11) is 0. The molecule has 0 aliphatic carbocycles. The van der Waals surface area contributed by atoms with Gasteiger partial charge in [-0.3, -0.25) is 4.79 Å². The number of benzene rings is 2. The summed E-state index contributed by atoms with van der Waals surface area (Å²) in [6.45, 7) is 2.95. The Labute approximate surface area is 157 Å². The molecule has 1 heterocycles. The molecule has 0 aliphatic rings. The fourth-order valence-electron chi connectivity index (χ4n) is 2.55. The summed E-state index contributed by atoms with van der Waals surface area (Å²) in [5, 5.41) is 15.1. The van der Waals surface area contributed by atoms with Crippen LogP contribution in [-0.2, 0) is 13.1 Å². The third-order valence-corrected chi connectivity index (χ3v) is 4.03. The molecular formula is C21H19N5O. The lowest BCUT2D eigenvalue weighted by molar-refractivity contribution is 0.0951. The summed E-state index contributed by atoms with van der Waals surface area (Å²) in [6.07, 6.45) is 3.00. The molecule has 0 bridgehead atoms. The van der Waals surface area contributed by atoms with Crippen molar-refractivity contribution in [1.82, 2.24) is 15.3 Å². The minimum atomic E-state index is -0.130. The number of anilines is 1. The summed E-state index contributed by atoms with van der Waals surface area (Å²) in [6, 6.07) is 17.4. The Balaban J connectivity index is 1.61. The Hall–Kier alpha value is -3.72. The maximum Gasteiger partial charge on any atom is 0.251 e. The van der Waals surface area contributed by atoms with Crippen LogP contribution in [-0.4, -0.2) is 15.9 Å². The van der Waals surface area contributed by atoms with Crippen molar-refractivity contribution in [2.75, 3.05) is 5.32 Å². The fraction of sp³-hybridized carbons (Fsp3) is 0.143. The third-order valence-electron chi connectivity index (χ3n) is 4.03. The van der Waals surface area contributed by atoms with Crippen molar-refractivity contribution in [1.29, 1.82) is 5.26 Å². The number of hydrogen-bond acceptors (Lipinski definition) is 5. The van der Waals surface area contributed by atoms with E-state index in [0.29, 0.717) is 24.5 Å². The highest BCUT2D eigenvalue weighted by molar-refractivity contribution is 5.94. The number of aromatic nitrogens is 2. The normalized spacial score (nSPS) is 10.1. The highest BCUT2D eigenvalue weighted by Gasteiger charge is 2.08. The van der Waals surface area contributed by atoms with Crippen LogP contribution in [0, 0.1) is 18.3 Å². The van der Waals surface area contributed by atoms with E-state index in [9.17, 15) is 4.79 Å². The largest absolute Gasteiger partial charge is 0.364 e. The van der Waals surface area contributed by atoms with Crippen LogP contribution in [0.5, 0.6) is 0 Å². The maximum absolute atomic E-state index is 12.4. The van der Waals surface area contributed by atoms with Crippen molar-refractivity contribution in [2.24, 2.45) is 0 Å². The van der Waals surface area contributed by atoms with Gasteiger partial charge in [0.15, 0.2) is 11.5 Å². The topological polar surface area (TPSA) is 90.7 Å². The Bertz CT molecular complexity index is 976. The lowest BCUT2D eigenvalue weighted by Crippen LogP contribution is -2.23. The second kappa shape index (κ2) is 8.59. The van der Waals surface area contributed by atoms with E-state index in [1.54, 1.807) is 6.07 Å². The van der Waals surface area contributed by atoms with E-state index in [2.05, 4.69) is 20.6 Å². The molecule has 6 heteroatoms. The van der Waals surface area contributed by atoms with E-state index in [1.807, 2.05) is 55.5 Å². The van der Waals surface area contributed by atoms with Crippen LogP contribution in [0.15, 0.2) is 60.9 Å². The number of rotatable bonds is 6. The van der Waals surface area contributed by atoms with Crippen LogP contribution in [0.25, 0.3) is 0 Å². The van der Waals surface area contributed by atoms with Crippen LogP contribution >= 0.6 is 0 Å². The van der Waals surface area contributed by atoms with Gasteiger partial charge in [0.2, 0.25) is 0 Å². The Morgan fingerprint density at radius 1 is 1.04 bits per heavy atom. The maximum atomic E-state index is 12.4. The van der Waals surface area contributed by atoms with Gasteiger partial charge in [-0.15, -0.1) is 0 Å². The average molecular weight is 357 g/mol. The van der Waals surface area contributed by atoms with Gasteiger partial charge in [-0.2, -0.15) is 5.26 Å². The van der Waals surface area contributed by atoms with Crippen LogP contribution in [0.2, 0.25) is 0 Å². The van der Waals surface area contributed by atoms with E-state index in [1.165, 1.54) is 18.0 Å². The first-order valence-electron chi connectivity index (χ1n) is 8.53. The van der Waals surface area contributed by atoms with Crippen molar-refractivity contribution >= 4 is 11.7 Å². The Morgan fingerprint density at radius 2 is 1.81 bits per heavy atom. The number of hydrogen-bond donors (Lipinski definition) is 2. The van der Waals surface area contributed by atoms with Gasteiger partial charge < -0.3 is 10.6 Å². The van der Waals surface area contributed by atoms with E-state index >= 15 is 0 Å². The van der Waals surface area contributed by atoms with Crippen molar-refractivity contribution in [3.8, 4) is 6.07 Å². The molecular weight excluding hydrogens is 338 g/mol. The van der Waals surface area contributed by atoms with Crippen LogP contribution in [0.1, 0.15) is 32.7 Å². The molecule has 2 aromatic carbocycles. The van der Waals surface area contributed by atoms with Crippen molar-refractivity contribution in [3.63, 3.8) is 0 Å². The molecule has 6 nitrogen and oxygen atoms in total. The minimum Gasteiger partial charge on any atom is -0.364 e. The fourth-order valence-corrected chi connectivity index (χ4v) is 2.55. The van der Waals surface area contributed by atoms with Crippen molar-refractivity contribution in [2.45, 2.75) is 20.0 Å². The molecule has 3 rings (SSSR count). The van der Waals surface area contributed by atoms with Gasteiger partial charge in [-0.1, -0.05) is 42.0 Å². The predicted octanol–water partition coefficient (Wildman–Crippen LogP) is 3.20. The Morgan fingerprint density at radius 3 is 2.59 bits per heavy atom. The van der Waals surface area contributed by atoms with Gasteiger partial charge >= 0.3 is 0 Å². The molecule has 1 aromatic heterocycles. The van der Waals surface area contributed by atoms with Gasteiger partial charge in [0, 0.05) is 31.0 Å². The molecule has 0 saturated carbocycles. The molecule has 0 saturated heterocycles. The second-order valence-electron chi connectivity index (χ2n) is 6.09. The van der Waals surface area contributed by atoms with Crippen molar-refractivity contribution < 1.29 is 4.79 Å². The van der Waals surface area contributed by atoms with Gasteiger partial charge in [-0.25, -0.2) is 9.97 Å². The highest BCUT2D eigenvalue weighted by atomic mass is 16.1. The van der Waals surface area contributed by atoms with E-state index in [4.69, 9.17) is 5.26 Å². The lowest BCUT2D eigenvalue weighted by atomic mass is 10.1. The number of carbonyl (C=O) groups excluding carboxylic acids is 1.